The van der Waals surface area contributed by atoms with Crippen molar-refractivity contribution in [1.82, 2.24) is 14.5 Å². The van der Waals surface area contributed by atoms with Crippen molar-refractivity contribution in [3.8, 4) is 17.6 Å². The molecule has 2 aliphatic heterocycles. The fourth-order valence-electron chi connectivity index (χ4n) is 4.85. The molecule has 0 unspecified atom stereocenters. The van der Waals surface area contributed by atoms with Gasteiger partial charge in [0.25, 0.3) is 0 Å². The molecule has 0 spiro atoms. The first-order valence-electron chi connectivity index (χ1n) is 11.2. The number of benzene rings is 1. The van der Waals surface area contributed by atoms with Crippen LogP contribution in [0, 0.1) is 11.8 Å². The second-order valence-electron chi connectivity index (χ2n) is 8.95. The van der Waals surface area contributed by atoms with Gasteiger partial charge in [0.05, 0.1) is 36.4 Å². The summed E-state index contributed by atoms with van der Waals surface area (Å²) in [4.78, 5) is 3.24. The van der Waals surface area contributed by atoms with Gasteiger partial charge in [-0.15, -0.1) is 12.6 Å². The van der Waals surface area contributed by atoms with Crippen LogP contribution in [-0.2, 0) is 6.61 Å². The zero-order valence-corrected chi connectivity index (χ0v) is 19.8. The van der Waals surface area contributed by atoms with Crippen molar-refractivity contribution < 1.29 is 9.84 Å². The van der Waals surface area contributed by atoms with Crippen molar-refractivity contribution in [1.29, 1.82) is 0 Å². The van der Waals surface area contributed by atoms with Gasteiger partial charge in [-0.05, 0) is 62.1 Å². The Labute approximate surface area is 199 Å². The van der Waals surface area contributed by atoms with Crippen LogP contribution < -0.4 is 15.4 Å². The predicted octanol–water partition coefficient (Wildman–Crippen LogP) is 3.24. The van der Waals surface area contributed by atoms with E-state index in [1.54, 1.807) is 7.11 Å². The highest BCUT2D eigenvalue weighted by molar-refractivity contribution is 7.80. The summed E-state index contributed by atoms with van der Waals surface area (Å²) in [7, 11) is 3.83. The van der Waals surface area contributed by atoms with Gasteiger partial charge in [0.15, 0.2) is 0 Å². The van der Waals surface area contributed by atoms with E-state index in [4.69, 9.17) is 22.5 Å². The molecule has 4 heterocycles. The van der Waals surface area contributed by atoms with Crippen molar-refractivity contribution >= 4 is 29.7 Å². The van der Waals surface area contributed by atoms with Crippen LogP contribution in [0.2, 0.25) is 0 Å². The van der Waals surface area contributed by atoms with E-state index in [-0.39, 0.29) is 12.1 Å². The smallest absolute Gasteiger partial charge is 0.149 e. The first kappa shape index (κ1) is 22.0. The molecule has 3 N–H and O–H groups in total. The van der Waals surface area contributed by atoms with Crippen LogP contribution in [0.1, 0.15) is 30.5 Å². The molecular weight excluding hydrogens is 434 g/mol. The van der Waals surface area contributed by atoms with Gasteiger partial charge in [-0.2, -0.15) is 5.10 Å². The average Bonchev–Trinajstić information content (AvgIpc) is 3.14. The molecule has 0 amide bonds. The number of hydrogen-bond donors (Lipinski definition) is 4. The molecule has 0 radical (unpaired) electrons. The van der Waals surface area contributed by atoms with Gasteiger partial charge in [-0.1, -0.05) is 18.1 Å². The van der Waals surface area contributed by atoms with E-state index >= 15 is 0 Å². The van der Waals surface area contributed by atoms with E-state index in [0.717, 1.165) is 40.4 Å². The maximum atomic E-state index is 9.29. The maximum Gasteiger partial charge on any atom is 0.149 e. The van der Waals surface area contributed by atoms with Crippen LogP contribution in [0.5, 0.6) is 5.75 Å². The Hall–Kier alpha value is -2.86. The van der Waals surface area contributed by atoms with Crippen LogP contribution in [0.25, 0.3) is 5.52 Å². The molecule has 2 aromatic heterocycles. The maximum absolute atomic E-state index is 9.29. The van der Waals surface area contributed by atoms with Crippen molar-refractivity contribution in [2.45, 2.75) is 42.3 Å². The Balaban J connectivity index is 1.32. The number of aromatic nitrogens is 2. The zero-order valence-electron chi connectivity index (χ0n) is 18.9. The van der Waals surface area contributed by atoms with Crippen LogP contribution in [0.15, 0.2) is 41.3 Å². The molecule has 2 saturated heterocycles. The van der Waals surface area contributed by atoms with E-state index in [0.29, 0.717) is 24.0 Å². The SMILES string of the molecule is COc1cc(CO)ccc1NCC#Cc1nn2c(NC34CCN(C)C(C3)C4)cccc2c1S. The number of aliphatic hydroxyl groups is 1. The Bertz CT molecular complexity index is 1230. The third-order valence-corrected chi connectivity index (χ3v) is 7.31. The Morgan fingerprint density at radius 3 is 2.88 bits per heavy atom. The second kappa shape index (κ2) is 8.82. The number of nitrogens with one attached hydrogen (secondary N) is 2. The normalized spacial score (nSPS) is 21.8. The number of ether oxygens (including phenoxy) is 1. The van der Waals surface area contributed by atoms with Crippen LogP contribution in [-0.4, -0.2) is 58.4 Å². The summed E-state index contributed by atoms with van der Waals surface area (Å²) >= 11 is 4.71. The predicted molar refractivity (Wildman–Crippen MR) is 133 cm³/mol. The first-order chi connectivity index (χ1) is 16.0. The fraction of sp³-hybridized carbons (Fsp3) is 0.400. The van der Waals surface area contributed by atoms with Gasteiger partial charge < -0.3 is 25.4 Å². The lowest BCUT2D eigenvalue weighted by molar-refractivity contribution is 0.0232. The minimum atomic E-state index is -0.0232. The van der Waals surface area contributed by atoms with Crippen LogP contribution >= 0.6 is 12.6 Å². The number of piperidine rings is 2. The number of methoxy groups -OCH3 is 1. The lowest BCUT2D eigenvalue weighted by atomic mass is 9.66. The summed E-state index contributed by atoms with van der Waals surface area (Å²) in [6.07, 6.45) is 3.50. The molecule has 6 rings (SSSR count). The first-order valence-corrected chi connectivity index (χ1v) is 11.7. The van der Waals surface area contributed by atoms with E-state index in [1.807, 2.05) is 34.8 Å². The highest BCUT2D eigenvalue weighted by Gasteiger charge is 2.49. The largest absolute Gasteiger partial charge is 0.495 e. The Morgan fingerprint density at radius 2 is 2.15 bits per heavy atom. The molecule has 1 aromatic carbocycles. The number of thiol groups is 1. The summed E-state index contributed by atoms with van der Waals surface area (Å²) in [5.41, 5.74) is 3.41. The minimum absolute atomic E-state index is 0.0232. The monoisotopic (exact) mass is 463 g/mol. The molecule has 1 saturated carbocycles. The van der Waals surface area contributed by atoms with Crippen LogP contribution in [0.4, 0.5) is 11.5 Å². The fourth-order valence-corrected chi connectivity index (χ4v) is 5.12. The Morgan fingerprint density at radius 1 is 1.30 bits per heavy atom. The zero-order chi connectivity index (χ0) is 23.0. The van der Waals surface area contributed by atoms with Gasteiger partial charge in [0.1, 0.15) is 17.3 Å². The highest BCUT2D eigenvalue weighted by atomic mass is 32.1. The van der Waals surface area contributed by atoms with Gasteiger partial charge in [0.2, 0.25) is 0 Å². The number of anilines is 2. The molecule has 172 valence electrons. The molecular formula is C25H29N5O2S. The summed E-state index contributed by atoms with van der Waals surface area (Å²) in [6, 6.07) is 12.4. The van der Waals surface area contributed by atoms with Crippen molar-refractivity contribution in [2.75, 3.05) is 37.9 Å². The molecule has 8 heteroatoms. The van der Waals surface area contributed by atoms with Gasteiger partial charge >= 0.3 is 0 Å². The average molecular weight is 464 g/mol. The molecule has 3 fully saturated rings. The molecule has 7 nitrogen and oxygen atoms in total. The van der Waals surface area contributed by atoms with Crippen LogP contribution in [0.3, 0.4) is 0 Å². The number of pyridine rings is 1. The van der Waals surface area contributed by atoms with Gasteiger partial charge in [-0.25, -0.2) is 4.52 Å². The van der Waals surface area contributed by atoms with Crippen molar-refractivity contribution in [3.05, 3.63) is 47.7 Å². The van der Waals surface area contributed by atoms with E-state index in [2.05, 4.69) is 40.5 Å². The van der Waals surface area contributed by atoms with E-state index in [9.17, 15) is 5.11 Å². The number of hydrogen-bond acceptors (Lipinski definition) is 7. The number of rotatable bonds is 6. The number of fused-ring (bicyclic) bond motifs is 3. The van der Waals surface area contributed by atoms with E-state index < -0.39 is 0 Å². The lowest BCUT2D eigenvalue weighted by Crippen LogP contribution is -2.64. The minimum Gasteiger partial charge on any atom is -0.495 e. The number of aliphatic hydroxyl groups excluding tert-OH is 1. The third kappa shape index (κ3) is 4.12. The summed E-state index contributed by atoms with van der Waals surface area (Å²) in [5, 5.41) is 21.1. The number of nitrogens with zero attached hydrogens (tertiary/aromatic N) is 3. The molecule has 1 aliphatic carbocycles. The summed E-state index contributed by atoms with van der Waals surface area (Å²) in [6.45, 7) is 1.53. The second-order valence-corrected chi connectivity index (χ2v) is 9.40. The summed E-state index contributed by atoms with van der Waals surface area (Å²) < 4.78 is 7.32. The van der Waals surface area contributed by atoms with E-state index in [1.165, 1.54) is 12.8 Å². The van der Waals surface area contributed by atoms with Crippen molar-refractivity contribution in [2.24, 2.45) is 0 Å². The van der Waals surface area contributed by atoms with Gasteiger partial charge in [-0.3, -0.25) is 0 Å². The topological polar surface area (TPSA) is 74.1 Å². The Kier molecular flexibility index (Phi) is 5.87. The quantitative estimate of drug-likeness (QED) is 0.332. The summed E-state index contributed by atoms with van der Waals surface area (Å²) in [5.74, 6) is 7.95. The molecule has 3 aliphatic rings. The molecule has 0 atom stereocenters. The lowest BCUT2D eigenvalue weighted by Gasteiger charge is -2.57. The molecule has 2 bridgehead atoms. The standard InChI is InChI=1S/C25H29N5O2S/c1-29-12-10-25(14-18(29)15-25)27-23-7-3-6-21-24(33)20(28-30(21)23)5-4-11-26-19-9-8-17(16-31)13-22(19)32-2/h3,6-9,13,18,26-27,31,33H,10-12,14-16H2,1-2H3. The molecule has 33 heavy (non-hydrogen) atoms. The molecule has 3 aromatic rings. The van der Waals surface area contributed by atoms with Crippen molar-refractivity contribution in [3.63, 3.8) is 0 Å². The van der Waals surface area contributed by atoms with Gasteiger partial charge in [0, 0.05) is 18.1 Å². The third-order valence-electron chi connectivity index (χ3n) is 6.87. The highest BCUT2D eigenvalue weighted by Crippen LogP contribution is 2.45.